The Hall–Kier alpha value is -1.92. The number of nitrogen functional groups attached to an aromatic ring is 1. The van der Waals surface area contributed by atoms with Crippen LogP contribution in [-0.2, 0) is 4.74 Å². The SMILES string of the molecule is COC(=O)c1c(N)c(C#N)cn1-c1c(Br)cc(F)c(F)c1Br. The van der Waals surface area contributed by atoms with E-state index in [1.807, 2.05) is 6.07 Å². The van der Waals surface area contributed by atoms with E-state index in [9.17, 15) is 13.6 Å². The molecule has 0 aliphatic carbocycles. The molecule has 0 saturated carbocycles. The minimum atomic E-state index is -1.14. The summed E-state index contributed by atoms with van der Waals surface area (Å²) in [7, 11) is 1.14. The molecule has 2 N–H and O–H groups in total. The summed E-state index contributed by atoms with van der Waals surface area (Å²) in [6, 6.07) is 2.72. The second kappa shape index (κ2) is 6.06. The topological polar surface area (TPSA) is 81.0 Å². The number of nitriles is 1. The first-order valence-electron chi connectivity index (χ1n) is 5.66. The first kappa shape index (κ1) is 16.5. The monoisotopic (exact) mass is 433 g/mol. The Labute approximate surface area is 140 Å². The van der Waals surface area contributed by atoms with Crippen molar-refractivity contribution in [2.24, 2.45) is 0 Å². The number of benzene rings is 1. The van der Waals surface area contributed by atoms with Crippen LogP contribution in [0.25, 0.3) is 5.69 Å². The standard InChI is InChI=1S/C13H7Br2F2N3O2/c1-22-13(21)12-10(19)5(3-18)4-20(12)11-6(14)2-7(16)9(17)8(11)15/h2,4H,19H2,1H3. The number of anilines is 1. The van der Waals surface area contributed by atoms with Crippen LogP contribution in [0, 0.1) is 23.0 Å². The number of halogens is 4. The fourth-order valence-electron chi connectivity index (χ4n) is 1.87. The van der Waals surface area contributed by atoms with Gasteiger partial charge in [-0.3, -0.25) is 0 Å². The summed E-state index contributed by atoms with van der Waals surface area (Å²) in [4.78, 5) is 11.9. The highest BCUT2D eigenvalue weighted by Crippen LogP contribution is 2.36. The molecule has 1 aromatic heterocycles. The van der Waals surface area contributed by atoms with E-state index < -0.39 is 17.6 Å². The molecule has 0 saturated heterocycles. The number of hydrogen-bond acceptors (Lipinski definition) is 4. The molecule has 0 fully saturated rings. The molecule has 2 rings (SSSR count). The Bertz CT molecular complexity index is 828. The summed E-state index contributed by atoms with van der Waals surface area (Å²) < 4.78 is 32.9. The number of nitrogens with two attached hydrogens (primary N) is 1. The predicted octanol–water partition coefficient (Wildman–Crippen LogP) is 3.52. The zero-order chi connectivity index (χ0) is 16.6. The van der Waals surface area contributed by atoms with Gasteiger partial charge < -0.3 is 15.0 Å². The zero-order valence-corrected chi connectivity index (χ0v) is 14.1. The van der Waals surface area contributed by atoms with Crippen molar-refractivity contribution in [2.45, 2.75) is 0 Å². The van der Waals surface area contributed by atoms with Crippen molar-refractivity contribution < 1.29 is 18.3 Å². The maximum absolute atomic E-state index is 13.8. The predicted molar refractivity (Wildman–Crippen MR) is 81.6 cm³/mol. The minimum Gasteiger partial charge on any atom is -0.464 e. The highest BCUT2D eigenvalue weighted by molar-refractivity contribution is 9.11. The fraction of sp³-hybridized carbons (Fsp3) is 0.0769. The van der Waals surface area contributed by atoms with Gasteiger partial charge in [-0.2, -0.15) is 5.26 Å². The Morgan fingerprint density at radius 3 is 2.64 bits per heavy atom. The number of esters is 1. The largest absolute Gasteiger partial charge is 0.464 e. The van der Waals surface area contributed by atoms with E-state index in [1.54, 1.807) is 0 Å². The van der Waals surface area contributed by atoms with Gasteiger partial charge in [-0.15, -0.1) is 0 Å². The Morgan fingerprint density at radius 2 is 2.09 bits per heavy atom. The van der Waals surface area contributed by atoms with Gasteiger partial charge in [0.15, 0.2) is 17.3 Å². The van der Waals surface area contributed by atoms with Crippen LogP contribution in [0.1, 0.15) is 16.1 Å². The summed E-state index contributed by atoms with van der Waals surface area (Å²) in [6.45, 7) is 0. The van der Waals surface area contributed by atoms with Gasteiger partial charge >= 0.3 is 5.97 Å². The molecule has 114 valence electrons. The third-order valence-electron chi connectivity index (χ3n) is 2.87. The van der Waals surface area contributed by atoms with Gasteiger partial charge in [0.05, 0.1) is 28.5 Å². The number of aromatic nitrogens is 1. The molecule has 9 heteroatoms. The quantitative estimate of drug-likeness (QED) is 0.445. The molecule has 0 spiro atoms. The second-order valence-electron chi connectivity index (χ2n) is 4.10. The highest BCUT2D eigenvalue weighted by atomic mass is 79.9. The van der Waals surface area contributed by atoms with E-state index in [1.165, 1.54) is 6.20 Å². The molecule has 0 aliphatic heterocycles. The van der Waals surface area contributed by atoms with Crippen molar-refractivity contribution in [3.05, 3.63) is 44.1 Å². The second-order valence-corrected chi connectivity index (χ2v) is 5.74. The number of carbonyl (C=O) groups excluding carboxylic acids is 1. The van der Waals surface area contributed by atoms with Gasteiger partial charge in [0.1, 0.15) is 6.07 Å². The number of rotatable bonds is 2. The van der Waals surface area contributed by atoms with Gasteiger partial charge in [0.2, 0.25) is 0 Å². The maximum Gasteiger partial charge on any atom is 0.357 e. The van der Waals surface area contributed by atoms with E-state index in [0.717, 1.165) is 17.7 Å². The van der Waals surface area contributed by atoms with Crippen LogP contribution in [0.3, 0.4) is 0 Å². The van der Waals surface area contributed by atoms with Gasteiger partial charge in [-0.1, -0.05) is 0 Å². The molecule has 2 aromatic rings. The molecule has 1 heterocycles. The molecule has 0 aliphatic rings. The molecule has 5 nitrogen and oxygen atoms in total. The molecule has 0 unspecified atom stereocenters. The van der Waals surface area contributed by atoms with Crippen LogP contribution >= 0.6 is 31.9 Å². The Balaban J connectivity index is 2.88. The maximum atomic E-state index is 13.8. The molecule has 0 radical (unpaired) electrons. The molecule has 1 aromatic carbocycles. The lowest BCUT2D eigenvalue weighted by Gasteiger charge is -2.13. The number of nitrogens with zero attached hydrogens (tertiary/aromatic N) is 2. The number of methoxy groups -OCH3 is 1. The van der Waals surface area contributed by atoms with Crippen LogP contribution in [-0.4, -0.2) is 17.6 Å². The van der Waals surface area contributed by atoms with E-state index >= 15 is 0 Å². The molecule has 0 amide bonds. The average molecular weight is 435 g/mol. The van der Waals surface area contributed by atoms with Gasteiger partial charge in [0, 0.05) is 10.7 Å². The number of carbonyl (C=O) groups is 1. The Kier molecular flexibility index (Phi) is 4.53. The van der Waals surface area contributed by atoms with Crippen LogP contribution in [0.5, 0.6) is 0 Å². The van der Waals surface area contributed by atoms with E-state index in [4.69, 9.17) is 11.0 Å². The van der Waals surface area contributed by atoms with Crippen molar-refractivity contribution in [2.75, 3.05) is 12.8 Å². The first-order valence-corrected chi connectivity index (χ1v) is 7.24. The van der Waals surface area contributed by atoms with E-state index in [2.05, 4.69) is 36.6 Å². The van der Waals surface area contributed by atoms with E-state index in [0.29, 0.717) is 0 Å². The molecule has 0 bridgehead atoms. The molecule has 0 atom stereocenters. The number of ether oxygens (including phenoxy) is 1. The van der Waals surface area contributed by atoms with E-state index in [-0.39, 0.29) is 31.6 Å². The van der Waals surface area contributed by atoms with Crippen molar-refractivity contribution in [1.82, 2.24) is 4.57 Å². The lowest BCUT2D eigenvalue weighted by molar-refractivity contribution is 0.0593. The average Bonchev–Trinajstić information content (AvgIpc) is 2.80. The first-order chi connectivity index (χ1) is 10.3. The molecular formula is C13H7Br2F2N3O2. The molecular weight excluding hydrogens is 428 g/mol. The van der Waals surface area contributed by atoms with Crippen molar-refractivity contribution >= 4 is 43.5 Å². The lowest BCUT2D eigenvalue weighted by Crippen LogP contribution is -2.12. The van der Waals surface area contributed by atoms with Crippen LogP contribution in [0.2, 0.25) is 0 Å². The zero-order valence-electron chi connectivity index (χ0n) is 11.0. The summed E-state index contributed by atoms with van der Waals surface area (Å²) in [5.74, 6) is -3.04. The lowest BCUT2D eigenvalue weighted by atomic mass is 10.2. The minimum absolute atomic E-state index is 0.00364. The Morgan fingerprint density at radius 1 is 1.45 bits per heavy atom. The smallest absolute Gasteiger partial charge is 0.357 e. The fourth-order valence-corrected chi connectivity index (χ4v) is 3.32. The number of hydrogen-bond donors (Lipinski definition) is 1. The van der Waals surface area contributed by atoms with Crippen LogP contribution in [0.4, 0.5) is 14.5 Å². The highest BCUT2D eigenvalue weighted by Gasteiger charge is 2.26. The van der Waals surface area contributed by atoms with Gasteiger partial charge in [-0.05, 0) is 37.9 Å². The van der Waals surface area contributed by atoms with Gasteiger partial charge in [0.25, 0.3) is 0 Å². The summed E-state index contributed by atoms with van der Waals surface area (Å²) in [6.07, 6.45) is 1.24. The van der Waals surface area contributed by atoms with Gasteiger partial charge in [-0.25, -0.2) is 13.6 Å². The van der Waals surface area contributed by atoms with Crippen molar-refractivity contribution in [3.8, 4) is 11.8 Å². The summed E-state index contributed by atoms with van der Waals surface area (Å²) in [5, 5.41) is 9.04. The van der Waals surface area contributed by atoms with Crippen molar-refractivity contribution in [1.29, 1.82) is 5.26 Å². The van der Waals surface area contributed by atoms with Crippen molar-refractivity contribution in [3.63, 3.8) is 0 Å². The third kappa shape index (κ3) is 2.48. The molecule has 22 heavy (non-hydrogen) atoms. The normalized spacial score (nSPS) is 10.4. The summed E-state index contributed by atoms with van der Waals surface area (Å²) >= 11 is 6.03. The van der Waals surface area contributed by atoms with Crippen LogP contribution < -0.4 is 5.73 Å². The summed E-state index contributed by atoms with van der Waals surface area (Å²) in [5.41, 5.74) is 5.56. The third-order valence-corrected chi connectivity index (χ3v) is 4.20. The van der Waals surface area contributed by atoms with Crippen LogP contribution in [0.15, 0.2) is 21.2 Å².